The average Bonchev–Trinajstić information content (AvgIpc) is 2.90. The number of hydrogen-bond donors (Lipinski definition) is 1. The van der Waals surface area contributed by atoms with Gasteiger partial charge in [-0.25, -0.2) is 8.42 Å². The minimum absolute atomic E-state index is 0.136. The van der Waals surface area contributed by atoms with Gasteiger partial charge >= 0.3 is 0 Å². The van der Waals surface area contributed by atoms with E-state index in [1.165, 1.54) is 5.56 Å². The molecule has 0 unspecified atom stereocenters. The zero-order valence-corrected chi connectivity index (χ0v) is 15.1. The Morgan fingerprint density at radius 1 is 1.12 bits per heavy atom. The lowest BCUT2D eigenvalue weighted by Crippen LogP contribution is -2.43. The van der Waals surface area contributed by atoms with Crippen molar-refractivity contribution in [2.75, 3.05) is 21.7 Å². The number of para-hydroxylation sites is 1. The lowest BCUT2D eigenvalue weighted by atomic mass is 10.2. The summed E-state index contributed by atoms with van der Waals surface area (Å²) in [7, 11) is -2.99. The second kappa shape index (κ2) is 6.91. The van der Waals surface area contributed by atoms with Gasteiger partial charge in [-0.2, -0.15) is 0 Å². The van der Waals surface area contributed by atoms with Crippen LogP contribution in [-0.2, 0) is 9.84 Å². The van der Waals surface area contributed by atoms with Crippen molar-refractivity contribution in [1.82, 2.24) is 0 Å². The summed E-state index contributed by atoms with van der Waals surface area (Å²) in [4.78, 5) is 1.93. The normalized spacial score (nSPS) is 19.0. The smallest absolute Gasteiger partial charge is 0.178 e. The molecule has 24 heavy (non-hydrogen) atoms. The number of nitrogens with one attached hydrogen (secondary N) is 1. The molecular formula is C18H20N2O2S2. The number of nitrogens with zero attached hydrogens (tertiary/aromatic N) is 1. The number of benzene rings is 2. The largest absolute Gasteiger partial charge is 0.332 e. The van der Waals surface area contributed by atoms with Gasteiger partial charge < -0.3 is 10.2 Å². The first-order chi connectivity index (χ1) is 11.4. The Bertz CT molecular complexity index is 818. The van der Waals surface area contributed by atoms with Gasteiger partial charge in [-0.3, -0.25) is 0 Å². The maximum absolute atomic E-state index is 11.9. The third-order valence-corrected chi connectivity index (χ3v) is 6.18. The van der Waals surface area contributed by atoms with Gasteiger partial charge in [0.1, 0.15) is 0 Å². The first-order valence-corrected chi connectivity index (χ1v) is 10.1. The zero-order valence-electron chi connectivity index (χ0n) is 13.5. The van der Waals surface area contributed by atoms with E-state index in [4.69, 9.17) is 12.2 Å². The minimum atomic E-state index is -2.99. The SMILES string of the molecule is Cc1ccc(NC(=S)N(c2ccccc2)[C@@H]2CCS(=O)(=O)C2)cc1. The van der Waals surface area contributed by atoms with Gasteiger partial charge in [0.25, 0.3) is 0 Å². The highest BCUT2D eigenvalue weighted by molar-refractivity contribution is 7.91. The second-order valence-electron chi connectivity index (χ2n) is 6.06. The maximum Gasteiger partial charge on any atom is 0.178 e. The van der Waals surface area contributed by atoms with Gasteiger partial charge in [-0.1, -0.05) is 35.9 Å². The van der Waals surface area contributed by atoms with E-state index in [2.05, 4.69) is 5.32 Å². The Morgan fingerprint density at radius 3 is 2.38 bits per heavy atom. The molecule has 126 valence electrons. The average molecular weight is 361 g/mol. The molecule has 4 nitrogen and oxygen atoms in total. The monoisotopic (exact) mass is 360 g/mol. The fourth-order valence-electron chi connectivity index (χ4n) is 2.88. The number of sulfone groups is 1. The maximum atomic E-state index is 11.9. The third kappa shape index (κ3) is 3.94. The van der Waals surface area contributed by atoms with Crippen molar-refractivity contribution in [2.45, 2.75) is 19.4 Å². The molecule has 0 bridgehead atoms. The van der Waals surface area contributed by atoms with Crippen molar-refractivity contribution < 1.29 is 8.42 Å². The molecule has 0 saturated carbocycles. The molecule has 6 heteroatoms. The van der Waals surface area contributed by atoms with Gasteiger partial charge in [0.15, 0.2) is 14.9 Å². The molecule has 3 rings (SSSR count). The predicted octanol–water partition coefficient (Wildman–Crippen LogP) is 3.39. The molecule has 2 aromatic carbocycles. The molecule has 1 aliphatic rings. The summed E-state index contributed by atoms with van der Waals surface area (Å²) in [5.74, 6) is 0.353. The molecule has 0 aromatic heterocycles. The van der Waals surface area contributed by atoms with Crippen LogP contribution in [0.3, 0.4) is 0 Å². The van der Waals surface area contributed by atoms with Crippen molar-refractivity contribution in [2.24, 2.45) is 0 Å². The van der Waals surface area contributed by atoms with Gasteiger partial charge in [-0.15, -0.1) is 0 Å². The highest BCUT2D eigenvalue weighted by Gasteiger charge is 2.34. The Labute approximate surface area is 148 Å². The van der Waals surface area contributed by atoms with E-state index in [9.17, 15) is 8.42 Å². The van der Waals surface area contributed by atoms with E-state index in [0.717, 1.165) is 11.4 Å². The van der Waals surface area contributed by atoms with E-state index in [-0.39, 0.29) is 17.5 Å². The number of hydrogen-bond acceptors (Lipinski definition) is 3. The first kappa shape index (κ1) is 16.9. The van der Waals surface area contributed by atoms with Crippen LogP contribution in [0.4, 0.5) is 11.4 Å². The highest BCUT2D eigenvalue weighted by Crippen LogP contribution is 2.25. The molecule has 1 saturated heterocycles. The minimum Gasteiger partial charge on any atom is -0.332 e. The summed E-state index contributed by atoms with van der Waals surface area (Å²) < 4.78 is 23.8. The van der Waals surface area contributed by atoms with Crippen LogP contribution in [0.15, 0.2) is 54.6 Å². The van der Waals surface area contributed by atoms with E-state index >= 15 is 0 Å². The molecule has 1 N–H and O–H groups in total. The Hall–Kier alpha value is -1.92. The van der Waals surface area contributed by atoms with Gasteiger partial charge in [-0.05, 0) is 49.8 Å². The molecule has 0 spiro atoms. The van der Waals surface area contributed by atoms with Crippen molar-refractivity contribution >= 4 is 38.5 Å². The molecule has 1 atom stereocenters. The molecule has 2 aromatic rings. The topological polar surface area (TPSA) is 49.4 Å². The molecule has 0 amide bonds. The molecule has 0 aliphatic carbocycles. The van der Waals surface area contributed by atoms with Crippen LogP contribution in [0.1, 0.15) is 12.0 Å². The first-order valence-electron chi connectivity index (χ1n) is 7.87. The zero-order chi connectivity index (χ0) is 17.2. The van der Waals surface area contributed by atoms with Gasteiger partial charge in [0.2, 0.25) is 0 Å². The lowest BCUT2D eigenvalue weighted by molar-refractivity contribution is 0.601. The predicted molar refractivity (Wildman–Crippen MR) is 103 cm³/mol. The second-order valence-corrected chi connectivity index (χ2v) is 8.67. The Morgan fingerprint density at radius 2 is 1.79 bits per heavy atom. The van der Waals surface area contributed by atoms with Crippen LogP contribution < -0.4 is 10.2 Å². The summed E-state index contributed by atoms with van der Waals surface area (Å²) >= 11 is 5.60. The molecular weight excluding hydrogens is 340 g/mol. The van der Waals surface area contributed by atoms with Crippen molar-refractivity contribution in [1.29, 1.82) is 0 Å². The van der Waals surface area contributed by atoms with E-state index in [0.29, 0.717) is 11.5 Å². The van der Waals surface area contributed by atoms with Crippen LogP contribution in [0, 0.1) is 6.92 Å². The number of thiocarbonyl (C=S) groups is 1. The molecule has 0 radical (unpaired) electrons. The summed E-state index contributed by atoms with van der Waals surface area (Å²) in [6.07, 6.45) is 0.590. The van der Waals surface area contributed by atoms with Gasteiger partial charge in [0, 0.05) is 11.4 Å². The lowest BCUT2D eigenvalue weighted by Gasteiger charge is -2.31. The van der Waals surface area contributed by atoms with Crippen molar-refractivity contribution in [3.63, 3.8) is 0 Å². The fraction of sp³-hybridized carbons (Fsp3) is 0.278. The third-order valence-electron chi connectivity index (χ3n) is 4.13. The molecule has 1 fully saturated rings. The van der Waals surface area contributed by atoms with Crippen LogP contribution >= 0.6 is 12.2 Å². The molecule has 1 heterocycles. The molecule has 1 aliphatic heterocycles. The number of aryl methyl sites for hydroxylation is 1. The van der Waals surface area contributed by atoms with Crippen molar-refractivity contribution in [3.8, 4) is 0 Å². The van der Waals surface area contributed by atoms with E-state index < -0.39 is 9.84 Å². The summed E-state index contributed by atoms with van der Waals surface area (Å²) in [6.45, 7) is 2.03. The Kier molecular flexibility index (Phi) is 4.87. The van der Waals surface area contributed by atoms with Crippen LogP contribution in [-0.4, -0.2) is 31.1 Å². The van der Waals surface area contributed by atoms with E-state index in [1.807, 2.05) is 66.4 Å². The number of anilines is 2. The van der Waals surface area contributed by atoms with Crippen LogP contribution in [0.5, 0.6) is 0 Å². The highest BCUT2D eigenvalue weighted by atomic mass is 32.2. The van der Waals surface area contributed by atoms with Crippen LogP contribution in [0.2, 0.25) is 0 Å². The summed E-state index contributed by atoms with van der Waals surface area (Å²) in [5, 5.41) is 3.76. The Balaban J connectivity index is 1.87. The summed E-state index contributed by atoms with van der Waals surface area (Å²) in [5.41, 5.74) is 2.98. The van der Waals surface area contributed by atoms with Crippen molar-refractivity contribution in [3.05, 3.63) is 60.2 Å². The van der Waals surface area contributed by atoms with Gasteiger partial charge in [0.05, 0.1) is 17.5 Å². The quantitative estimate of drug-likeness (QED) is 0.851. The summed E-state index contributed by atoms with van der Waals surface area (Å²) in [6, 6.07) is 17.5. The standard InChI is InChI=1S/C18H20N2O2S2/c1-14-7-9-15(10-8-14)19-18(23)20(16-5-3-2-4-6-16)17-11-12-24(21,22)13-17/h2-10,17H,11-13H2,1H3,(H,19,23)/t17-/m1/s1. The number of rotatable bonds is 3. The van der Waals surface area contributed by atoms with E-state index in [1.54, 1.807) is 0 Å². The van der Waals surface area contributed by atoms with Crippen LogP contribution in [0.25, 0.3) is 0 Å². The fourth-order valence-corrected chi connectivity index (χ4v) is 4.95.